The van der Waals surface area contributed by atoms with Crippen molar-refractivity contribution in [1.29, 1.82) is 0 Å². The fourth-order valence-electron chi connectivity index (χ4n) is 10.0. The van der Waals surface area contributed by atoms with Crippen molar-refractivity contribution in [2.24, 2.45) is 0 Å². The Hall–Kier alpha value is -8.26. The van der Waals surface area contributed by atoms with Crippen LogP contribution in [0.5, 0.6) is 0 Å². The summed E-state index contributed by atoms with van der Waals surface area (Å²) in [5.74, 6) is 1.63. The number of fused-ring (bicyclic) bond motifs is 2. The van der Waals surface area contributed by atoms with Gasteiger partial charge in [-0.1, -0.05) is 104 Å². The molecule has 4 amide bonds. The molecular formula is C64H70BBrN8O8. The zero-order valence-electron chi connectivity index (χ0n) is 47.6. The van der Waals surface area contributed by atoms with Gasteiger partial charge in [-0.05, 0) is 138 Å². The Morgan fingerprint density at radius 2 is 0.988 bits per heavy atom. The summed E-state index contributed by atoms with van der Waals surface area (Å²) >= 11 is 3.46. The summed E-state index contributed by atoms with van der Waals surface area (Å²) in [6.45, 7) is 22.7. The van der Waals surface area contributed by atoms with E-state index in [4.69, 9.17) is 18.9 Å². The van der Waals surface area contributed by atoms with E-state index in [1.54, 1.807) is 12.1 Å². The van der Waals surface area contributed by atoms with Crippen LogP contribution in [0, 0.1) is 27.7 Å². The first-order chi connectivity index (χ1) is 39.5. The molecule has 6 heterocycles. The quantitative estimate of drug-likeness (QED) is 0.0300. The molecule has 2 aliphatic rings. The van der Waals surface area contributed by atoms with Crippen LogP contribution in [0.3, 0.4) is 0 Å². The number of aromatic amines is 2. The Morgan fingerprint density at radius 3 is 1.44 bits per heavy atom. The van der Waals surface area contributed by atoms with Crippen LogP contribution in [0.15, 0.2) is 135 Å². The highest BCUT2D eigenvalue weighted by Gasteiger charge is 2.28. The van der Waals surface area contributed by atoms with E-state index in [-0.39, 0.29) is 29.3 Å². The third-order valence-electron chi connectivity index (χ3n) is 14.7. The van der Waals surface area contributed by atoms with Crippen molar-refractivity contribution in [3.63, 3.8) is 0 Å². The van der Waals surface area contributed by atoms with E-state index in [0.29, 0.717) is 41.1 Å². The summed E-state index contributed by atoms with van der Waals surface area (Å²) in [5.41, 5.74) is 13.3. The van der Waals surface area contributed by atoms with Gasteiger partial charge in [-0.15, -0.1) is 0 Å². The number of amides is 4. The van der Waals surface area contributed by atoms with Gasteiger partial charge in [0.25, 0.3) is 23.6 Å². The van der Waals surface area contributed by atoms with Gasteiger partial charge < -0.3 is 59.9 Å². The molecule has 4 aromatic heterocycles. The lowest BCUT2D eigenvalue weighted by Gasteiger charge is -2.18. The minimum Gasteiger partial charge on any atom is -0.465 e. The van der Waals surface area contributed by atoms with Crippen molar-refractivity contribution in [3.8, 4) is 34.0 Å². The molecule has 8 aromatic rings. The molecule has 2 aliphatic heterocycles. The highest BCUT2D eigenvalue weighted by molar-refractivity contribution is 9.10. The van der Waals surface area contributed by atoms with Crippen LogP contribution < -0.4 is 26.9 Å². The van der Waals surface area contributed by atoms with Crippen molar-refractivity contribution in [1.82, 2.24) is 30.4 Å². The summed E-state index contributed by atoms with van der Waals surface area (Å²) < 4.78 is 12.3. The number of H-pyrrole nitrogens is 2. The first-order valence-electron chi connectivity index (χ1n) is 27.6. The van der Waals surface area contributed by atoms with Crippen LogP contribution in [0.4, 0.5) is 11.4 Å². The molecule has 16 nitrogen and oxygen atoms in total. The van der Waals surface area contributed by atoms with Gasteiger partial charge in [-0.2, -0.15) is 0 Å². The molecule has 0 saturated carbocycles. The number of halogens is 1. The minimum atomic E-state index is -1.55. The number of aryl methyl sites for hydroxylation is 2. The maximum atomic E-state index is 13.0. The number of nitrogens with one attached hydrogen (secondary N) is 6. The number of likely N-dealkylation sites (N-methyl/N-ethyl adjacent to an activating group) is 2. The van der Waals surface area contributed by atoms with Gasteiger partial charge in [-0.3, -0.25) is 19.2 Å². The average Bonchev–Trinajstić information content (AvgIpc) is 4.30. The number of hydrogen-bond donors (Lipinski definition) is 8. The second kappa shape index (κ2) is 27.5. The molecule has 82 heavy (non-hydrogen) atoms. The number of hydrogen-bond acceptors (Lipinski definition) is 10. The maximum Gasteiger partial charge on any atom is 0.526 e. The summed E-state index contributed by atoms with van der Waals surface area (Å²) in [5, 5.41) is 29.6. The fraction of sp³-hybridized carbons (Fsp3) is 0.250. The van der Waals surface area contributed by atoms with Crippen LogP contribution in [0.25, 0.3) is 57.3 Å². The van der Waals surface area contributed by atoms with Gasteiger partial charge in [-0.25, -0.2) is 0 Å². The first kappa shape index (κ1) is 59.9. The number of carbonyl (C=O) groups is 4. The average molecular weight is 1170 g/mol. The standard InChI is InChI=1S/C32H34N4O3.C22H27BrN4O2.C10H9BO3/c1-5-36(6-2)17-16-33-32(38)30-20(3)27(34-21(30)4)19-25-24-18-23(12-13-26(24)35-31(25)37)29-15-14-28(39-29)22-10-8-7-9-11-22;1-5-27(6-2)10-9-24-22(29)20-13(3)19(25-14(20)4)12-17-16-11-15(23)7-8-18(16)26-21(17)28;12-11(13)10-7-6-9(14-10)8-4-2-1-3-5-8/h7-15,18-19,34H,5-6,16-17H2,1-4H3,(H,33,38)(H,35,37);7-8,11-12,25H,5-6,9-10H2,1-4H3,(H,24,29)(H,26,28);1-7,12-13H/b25-19-;17-12-;. The lowest BCUT2D eigenvalue weighted by atomic mass is 9.88. The summed E-state index contributed by atoms with van der Waals surface area (Å²) in [6, 6.07) is 38.1. The molecule has 0 radical (unpaired) electrons. The van der Waals surface area contributed by atoms with E-state index in [1.165, 1.54) is 0 Å². The second-order valence-corrected chi connectivity index (χ2v) is 20.8. The van der Waals surface area contributed by atoms with Gasteiger partial charge in [0.15, 0.2) is 0 Å². The van der Waals surface area contributed by atoms with E-state index in [9.17, 15) is 19.2 Å². The molecule has 0 bridgehead atoms. The Balaban J connectivity index is 0.000000179. The molecule has 0 aliphatic carbocycles. The highest BCUT2D eigenvalue weighted by atomic mass is 79.9. The predicted molar refractivity (Wildman–Crippen MR) is 331 cm³/mol. The van der Waals surface area contributed by atoms with Gasteiger partial charge in [0.05, 0.1) is 22.3 Å². The lowest BCUT2D eigenvalue weighted by molar-refractivity contribution is -0.111. The monoisotopic (exact) mass is 1170 g/mol. The van der Waals surface area contributed by atoms with Crippen molar-refractivity contribution >= 4 is 87.0 Å². The Bertz CT molecular complexity index is 3630. The van der Waals surface area contributed by atoms with Crippen molar-refractivity contribution in [3.05, 3.63) is 182 Å². The number of anilines is 2. The Morgan fingerprint density at radius 1 is 0.561 bits per heavy atom. The van der Waals surface area contributed by atoms with E-state index in [1.807, 2.05) is 149 Å². The molecule has 10 rings (SSSR count). The molecule has 424 valence electrons. The van der Waals surface area contributed by atoms with Crippen LogP contribution in [-0.4, -0.2) is 113 Å². The fourth-order valence-corrected chi connectivity index (χ4v) is 10.4. The maximum absolute atomic E-state index is 13.0. The predicted octanol–water partition coefficient (Wildman–Crippen LogP) is 10.7. The van der Waals surface area contributed by atoms with Gasteiger partial charge >= 0.3 is 7.12 Å². The topological polar surface area (TPSA) is 221 Å². The molecule has 0 atom stereocenters. The molecule has 4 aromatic carbocycles. The highest BCUT2D eigenvalue weighted by Crippen LogP contribution is 2.39. The van der Waals surface area contributed by atoms with Gasteiger partial charge in [0.1, 0.15) is 22.9 Å². The smallest absolute Gasteiger partial charge is 0.465 e. The van der Waals surface area contributed by atoms with Crippen molar-refractivity contribution in [2.45, 2.75) is 55.4 Å². The van der Waals surface area contributed by atoms with E-state index >= 15 is 0 Å². The molecule has 0 fully saturated rings. The van der Waals surface area contributed by atoms with E-state index in [2.05, 4.69) is 84.7 Å². The molecule has 0 spiro atoms. The van der Waals surface area contributed by atoms with Gasteiger partial charge in [0.2, 0.25) is 0 Å². The van der Waals surface area contributed by atoms with Gasteiger partial charge in [0, 0.05) is 92.6 Å². The Labute approximate surface area is 487 Å². The van der Waals surface area contributed by atoms with Crippen LogP contribution >= 0.6 is 15.9 Å². The van der Waals surface area contributed by atoms with Crippen LogP contribution in [-0.2, 0) is 9.59 Å². The summed E-state index contributed by atoms with van der Waals surface area (Å²) in [6.07, 6.45) is 3.65. The molecular weight excluding hydrogens is 1100 g/mol. The normalized spacial score (nSPS) is 13.3. The molecule has 8 N–H and O–H groups in total. The number of nitrogens with zero attached hydrogens (tertiary/aromatic N) is 2. The molecule has 0 saturated heterocycles. The number of rotatable bonds is 18. The first-order valence-corrected chi connectivity index (χ1v) is 28.4. The van der Waals surface area contributed by atoms with Crippen molar-refractivity contribution < 1.29 is 38.1 Å². The van der Waals surface area contributed by atoms with Crippen LogP contribution in [0.2, 0.25) is 0 Å². The summed E-state index contributed by atoms with van der Waals surface area (Å²) in [4.78, 5) is 62.3. The van der Waals surface area contributed by atoms with E-state index in [0.717, 1.165) is 128 Å². The van der Waals surface area contributed by atoms with E-state index < -0.39 is 7.12 Å². The number of carbonyl (C=O) groups excluding carboxylic acids is 4. The molecule has 0 unspecified atom stereocenters. The summed E-state index contributed by atoms with van der Waals surface area (Å²) in [7, 11) is -1.55. The second-order valence-electron chi connectivity index (χ2n) is 19.8. The van der Waals surface area contributed by atoms with Crippen LogP contribution in [0.1, 0.15) is 93.4 Å². The number of benzene rings is 4. The lowest BCUT2D eigenvalue weighted by Crippen LogP contribution is -2.35. The SMILES string of the molecule is CCN(CC)CCNC(=O)c1c(C)[nH]c(/C=C2\C(=O)Nc3ccc(-c4ccc(-c5ccccc5)o4)cc32)c1C.CCN(CC)CCNC(=O)c1c(C)[nH]c(/C=C2\C(=O)Nc3ccc(Br)cc32)c1C.OB(O)c1ccc(-c2ccccc2)o1. The van der Waals surface area contributed by atoms with Crippen molar-refractivity contribution in [2.75, 3.05) is 63.0 Å². The third-order valence-corrected chi connectivity index (χ3v) is 15.1. The zero-order chi connectivity index (χ0) is 58.6. The minimum absolute atomic E-state index is 0.0907. The third kappa shape index (κ3) is 14.1. The Kier molecular flexibility index (Phi) is 20.1. The number of aromatic nitrogens is 2. The molecule has 18 heteroatoms. The largest absolute Gasteiger partial charge is 0.526 e. The number of furan rings is 2. The zero-order valence-corrected chi connectivity index (χ0v) is 49.1.